The number of carbonyl (C=O) groups excluding carboxylic acids is 2. The van der Waals surface area contributed by atoms with Gasteiger partial charge in [0.15, 0.2) is 23.1 Å². The number of rotatable bonds is 5. The molecule has 0 saturated carbocycles. The van der Waals surface area contributed by atoms with Crippen molar-refractivity contribution in [2.45, 2.75) is 6.61 Å². The van der Waals surface area contributed by atoms with Gasteiger partial charge in [-0.15, -0.1) is 0 Å². The fourth-order valence-electron chi connectivity index (χ4n) is 3.21. The molecule has 3 aromatic carbocycles. The Kier molecular flexibility index (Phi) is 5.49. The van der Waals surface area contributed by atoms with E-state index in [0.717, 1.165) is 5.56 Å². The number of methoxy groups -OCH3 is 1. The summed E-state index contributed by atoms with van der Waals surface area (Å²) in [5.74, 6) is 0.646. The molecule has 1 aliphatic carbocycles. The van der Waals surface area contributed by atoms with Crippen LogP contribution in [0.5, 0.6) is 11.5 Å². The summed E-state index contributed by atoms with van der Waals surface area (Å²) in [6.45, 7) is 0.417. The third-order valence-electron chi connectivity index (χ3n) is 4.71. The number of halogens is 1. The number of fused-ring (bicyclic) bond motifs is 1. The van der Waals surface area contributed by atoms with Crippen molar-refractivity contribution in [3.8, 4) is 11.5 Å². The van der Waals surface area contributed by atoms with Gasteiger partial charge in [0, 0.05) is 14.7 Å². The summed E-state index contributed by atoms with van der Waals surface area (Å²) in [5.41, 5.74) is 2.83. The molecule has 0 unspecified atom stereocenters. The van der Waals surface area contributed by atoms with Gasteiger partial charge in [-0.05, 0) is 64.1 Å². The molecule has 144 valence electrons. The van der Waals surface area contributed by atoms with E-state index in [1.54, 1.807) is 49.6 Å². The Morgan fingerprint density at radius 1 is 0.862 bits per heavy atom. The maximum absolute atomic E-state index is 12.6. The number of ketones is 2. The molecular weight excluding hydrogens is 479 g/mol. The van der Waals surface area contributed by atoms with Gasteiger partial charge in [0.25, 0.3) is 0 Å². The van der Waals surface area contributed by atoms with Crippen molar-refractivity contribution in [1.29, 1.82) is 0 Å². The third kappa shape index (κ3) is 3.96. The smallest absolute Gasteiger partial charge is 0.197 e. The summed E-state index contributed by atoms with van der Waals surface area (Å²) in [6, 6.07) is 20.3. The summed E-state index contributed by atoms with van der Waals surface area (Å²) < 4.78 is 12.5. The van der Waals surface area contributed by atoms with Crippen LogP contribution >= 0.6 is 22.6 Å². The molecule has 29 heavy (non-hydrogen) atoms. The minimum atomic E-state index is -0.247. The van der Waals surface area contributed by atoms with E-state index in [9.17, 15) is 9.59 Å². The zero-order valence-corrected chi connectivity index (χ0v) is 17.8. The first-order valence-corrected chi connectivity index (χ1v) is 10.1. The van der Waals surface area contributed by atoms with Crippen LogP contribution in [-0.4, -0.2) is 18.7 Å². The predicted molar refractivity (Wildman–Crippen MR) is 120 cm³/mol. The van der Waals surface area contributed by atoms with Gasteiger partial charge in [0.1, 0.15) is 6.61 Å². The lowest BCUT2D eigenvalue weighted by Crippen LogP contribution is -2.01. The number of carbonyl (C=O) groups is 2. The molecule has 5 heteroatoms. The predicted octanol–water partition coefficient (Wildman–Crippen LogP) is 5.34. The lowest BCUT2D eigenvalue weighted by atomic mass is 10.1. The average molecular weight is 496 g/mol. The molecule has 0 fully saturated rings. The van der Waals surface area contributed by atoms with Crippen molar-refractivity contribution >= 4 is 40.2 Å². The first-order valence-electron chi connectivity index (χ1n) is 9.02. The Morgan fingerprint density at radius 3 is 2.14 bits per heavy atom. The Morgan fingerprint density at radius 2 is 1.52 bits per heavy atom. The maximum Gasteiger partial charge on any atom is 0.197 e. The quantitative estimate of drug-likeness (QED) is 0.272. The van der Waals surface area contributed by atoms with Crippen LogP contribution < -0.4 is 9.47 Å². The van der Waals surface area contributed by atoms with E-state index >= 15 is 0 Å². The van der Waals surface area contributed by atoms with E-state index < -0.39 is 0 Å². The van der Waals surface area contributed by atoms with E-state index in [2.05, 4.69) is 22.6 Å². The highest BCUT2D eigenvalue weighted by Gasteiger charge is 2.32. The zero-order chi connectivity index (χ0) is 20.4. The number of hydrogen-bond acceptors (Lipinski definition) is 4. The zero-order valence-electron chi connectivity index (χ0n) is 15.6. The molecule has 0 spiro atoms. The average Bonchev–Trinajstić information content (AvgIpc) is 2.99. The SMILES string of the molecule is COc1cc(C=C2C(=O)c3ccccc3C2=O)ccc1OCc1ccc(I)cc1. The van der Waals surface area contributed by atoms with Crippen LogP contribution in [0.4, 0.5) is 0 Å². The van der Waals surface area contributed by atoms with Gasteiger partial charge in [-0.25, -0.2) is 0 Å². The van der Waals surface area contributed by atoms with E-state index in [0.29, 0.717) is 34.8 Å². The minimum absolute atomic E-state index is 0.167. The van der Waals surface area contributed by atoms with Crippen molar-refractivity contribution in [1.82, 2.24) is 0 Å². The Labute approximate surface area is 182 Å². The van der Waals surface area contributed by atoms with Crippen LogP contribution in [0, 0.1) is 3.57 Å². The fourth-order valence-corrected chi connectivity index (χ4v) is 3.56. The lowest BCUT2D eigenvalue weighted by molar-refractivity contribution is 0.0990. The van der Waals surface area contributed by atoms with Gasteiger partial charge in [-0.2, -0.15) is 0 Å². The molecule has 0 saturated heterocycles. The highest BCUT2D eigenvalue weighted by molar-refractivity contribution is 14.1. The summed E-state index contributed by atoms with van der Waals surface area (Å²) in [5, 5.41) is 0. The van der Waals surface area contributed by atoms with Crippen LogP contribution in [0.2, 0.25) is 0 Å². The molecular formula is C24H17IO4. The molecule has 0 aliphatic heterocycles. The number of ether oxygens (including phenoxy) is 2. The molecule has 4 nitrogen and oxygen atoms in total. The molecule has 3 aromatic rings. The van der Waals surface area contributed by atoms with Crippen LogP contribution in [-0.2, 0) is 6.61 Å². The highest BCUT2D eigenvalue weighted by atomic mass is 127. The highest BCUT2D eigenvalue weighted by Crippen LogP contribution is 2.32. The first-order chi connectivity index (χ1) is 14.1. The Balaban J connectivity index is 1.57. The Hall–Kier alpha value is -2.93. The minimum Gasteiger partial charge on any atom is -0.493 e. The van der Waals surface area contributed by atoms with Crippen LogP contribution in [0.25, 0.3) is 6.08 Å². The van der Waals surface area contributed by atoms with Crippen molar-refractivity contribution in [3.05, 3.63) is 98.1 Å². The number of allylic oxidation sites excluding steroid dienone is 1. The monoisotopic (exact) mass is 496 g/mol. The third-order valence-corrected chi connectivity index (χ3v) is 5.43. The van der Waals surface area contributed by atoms with E-state index in [1.165, 1.54) is 3.57 Å². The lowest BCUT2D eigenvalue weighted by Gasteiger charge is -2.11. The molecule has 0 N–H and O–H groups in total. The van der Waals surface area contributed by atoms with Crippen LogP contribution in [0.3, 0.4) is 0 Å². The molecule has 0 aromatic heterocycles. The largest absolute Gasteiger partial charge is 0.493 e. The second kappa shape index (κ2) is 8.21. The summed E-state index contributed by atoms with van der Waals surface area (Å²) >= 11 is 2.26. The molecule has 4 rings (SSSR count). The fraction of sp³-hybridized carbons (Fsp3) is 0.0833. The van der Waals surface area contributed by atoms with Gasteiger partial charge in [0.2, 0.25) is 0 Å². The second-order valence-electron chi connectivity index (χ2n) is 6.59. The molecule has 1 aliphatic rings. The summed E-state index contributed by atoms with van der Waals surface area (Å²) in [7, 11) is 1.56. The molecule has 0 amide bonds. The molecule has 0 bridgehead atoms. The van der Waals surface area contributed by atoms with Gasteiger partial charge in [-0.1, -0.05) is 42.5 Å². The molecule has 0 radical (unpaired) electrons. The van der Waals surface area contributed by atoms with Crippen LogP contribution in [0.15, 0.2) is 72.3 Å². The van der Waals surface area contributed by atoms with E-state index in [1.807, 2.05) is 30.3 Å². The van der Waals surface area contributed by atoms with E-state index in [-0.39, 0.29) is 17.1 Å². The maximum atomic E-state index is 12.6. The Bertz CT molecular complexity index is 1090. The van der Waals surface area contributed by atoms with Gasteiger partial charge >= 0.3 is 0 Å². The molecule has 0 atom stereocenters. The normalized spacial score (nSPS) is 12.7. The van der Waals surface area contributed by atoms with Crippen molar-refractivity contribution in [3.63, 3.8) is 0 Å². The topological polar surface area (TPSA) is 52.6 Å². The number of Topliss-reactive ketones (excluding diaryl/α,β-unsaturated/α-hetero) is 2. The van der Waals surface area contributed by atoms with Gasteiger partial charge in [0.05, 0.1) is 12.7 Å². The van der Waals surface area contributed by atoms with Crippen molar-refractivity contribution < 1.29 is 19.1 Å². The van der Waals surface area contributed by atoms with Crippen molar-refractivity contribution in [2.24, 2.45) is 0 Å². The number of benzene rings is 3. The molecule has 0 heterocycles. The van der Waals surface area contributed by atoms with Gasteiger partial charge < -0.3 is 9.47 Å². The first kappa shape index (κ1) is 19.4. The van der Waals surface area contributed by atoms with Gasteiger partial charge in [-0.3, -0.25) is 9.59 Å². The summed E-state index contributed by atoms with van der Waals surface area (Å²) in [6.07, 6.45) is 1.61. The van der Waals surface area contributed by atoms with Crippen LogP contribution in [0.1, 0.15) is 31.8 Å². The number of hydrogen-bond donors (Lipinski definition) is 0. The summed E-state index contributed by atoms with van der Waals surface area (Å²) in [4.78, 5) is 25.1. The second-order valence-corrected chi connectivity index (χ2v) is 7.83. The van der Waals surface area contributed by atoms with E-state index in [4.69, 9.17) is 9.47 Å². The standard InChI is InChI=1S/C24H17IO4/c1-28-22-13-16(8-11-21(22)29-14-15-6-9-17(25)10-7-15)12-20-23(26)18-4-2-3-5-19(18)24(20)27/h2-13H,14H2,1H3. The van der Waals surface area contributed by atoms with Crippen molar-refractivity contribution in [2.75, 3.05) is 7.11 Å².